The molecule has 1 N–H and O–H groups in total. The van der Waals surface area contributed by atoms with Gasteiger partial charge in [-0.15, -0.1) is 0 Å². The fourth-order valence-electron chi connectivity index (χ4n) is 7.31. The highest BCUT2D eigenvalue weighted by Crippen LogP contribution is 2.59. The molecule has 0 aromatic rings. The predicted octanol–water partition coefficient (Wildman–Crippen LogP) is 10.2. The van der Waals surface area contributed by atoms with Crippen LogP contribution in [-0.2, 0) is 8.85 Å². The number of rotatable bonds is 8. The van der Waals surface area contributed by atoms with Crippen LogP contribution < -0.4 is 0 Å². The lowest BCUT2D eigenvalue weighted by molar-refractivity contribution is 0.0857. The number of allylic oxidation sites excluding steroid dienone is 3. The fraction of sp³-hybridized carbons (Fsp3) is 0.829. The minimum atomic E-state index is -1.96. The molecule has 0 bridgehead atoms. The highest BCUT2D eigenvalue weighted by atomic mass is 28.4. The highest BCUT2D eigenvalue weighted by molar-refractivity contribution is 6.74. The van der Waals surface area contributed by atoms with Crippen LogP contribution in [0.2, 0.25) is 36.3 Å². The molecule has 3 saturated carbocycles. The zero-order valence-electron chi connectivity index (χ0n) is 28.4. The molecule has 3 rings (SSSR count). The molecule has 3 aliphatic rings. The van der Waals surface area contributed by atoms with E-state index in [9.17, 15) is 5.11 Å². The van der Waals surface area contributed by atoms with E-state index in [1.165, 1.54) is 37.7 Å². The van der Waals surface area contributed by atoms with Crippen molar-refractivity contribution in [2.75, 3.05) is 6.61 Å². The maximum absolute atomic E-state index is 9.61. The fourth-order valence-corrected chi connectivity index (χ4v) is 9.91. The van der Waals surface area contributed by atoms with Crippen LogP contribution >= 0.6 is 0 Å². The van der Waals surface area contributed by atoms with E-state index in [0.717, 1.165) is 30.8 Å². The molecule has 3 aliphatic carbocycles. The van der Waals surface area contributed by atoms with Crippen LogP contribution in [0, 0.1) is 23.2 Å². The Balaban J connectivity index is 1.91. The summed E-state index contributed by atoms with van der Waals surface area (Å²) in [7, 11) is -3.92. The van der Waals surface area contributed by atoms with Crippen molar-refractivity contribution in [1.82, 2.24) is 0 Å². The normalized spacial score (nSPS) is 32.4. The first-order chi connectivity index (χ1) is 18.2. The average Bonchev–Trinajstić information content (AvgIpc) is 3.16. The summed E-state index contributed by atoms with van der Waals surface area (Å²) in [6.45, 7) is 33.3. The Bertz CT molecular complexity index is 922. The first kappa shape index (κ1) is 34.0. The standard InChI is InChI=1S/C35H64O3Si2/c1-25(20-22-36)29-18-19-30-28(15-14-21-35(29,30)9)17-16-27-23-31(37-39(10,11)33(3,4)5)26(2)32(24-27)38-40(12,13)34(6,7)8/h16-17,25,29-32,36H,2,14-15,18-24H2,1,3-13H3/b28-17+/t25-,29?,30?,31-,32-,35-/m1/s1. The van der Waals surface area contributed by atoms with Gasteiger partial charge in [-0.3, -0.25) is 0 Å². The van der Waals surface area contributed by atoms with Crippen molar-refractivity contribution in [1.29, 1.82) is 0 Å². The first-order valence-electron chi connectivity index (χ1n) is 16.3. The Morgan fingerprint density at radius 1 is 0.950 bits per heavy atom. The molecule has 0 spiro atoms. The van der Waals surface area contributed by atoms with Crippen LogP contribution in [0.15, 0.2) is 35.5 Å². The summed E-state index contributed by atoms with van der Waals surface area (Å²) in [6.07, 6.45) is 14.3. The Hall–Kier alpha value is -0.466. The lowest BCUT2D eigenvalue weighted by Crippen LogP contribution is -2.49. The molecular formula is C35H64O3Si2. The second-order valence-electron chi connectivity index (χ2n) is 16.9. The van der Waals surface area contributed by atoms with Gasteiger partial charge in [0.05, 0.1) is 12.2 Å². The number of hydrogen-bond donors (Lipinski definition) is 1. The molecule has 0 amide bonds. The molecule has 3 nitrogen and oxygen atoms in total. The van der Waals surface area contributed by atoms with E-state index in [4.69, 9.17) is 8.85 Å². The monoisotopic (exact) mass is 588 g/mol. The third-order valence-corrected chi connectivity index (χ3v) is 21.0. The lowest BCUT2D eigenvalue weighted by Gasteiger charge is -2.46. The molecule has 0 aromatic carbocycles. The van der Waals surface area contributed by atoms with Gasteiger partial charge in [0, 0.05) is 6.61 Å². The molecular weight excluding hydrogens is 525 g/mol. The maximum atomic E-state index is 9.61. The molecule has 2 unspecified atom stereocenters. The van der Waals surface area contributed by atoms with Crippen molar-refractivity contribution in [3.63, 3.8) is 0 Å². The van der Waals surface area contributed by atoms with Crippen molar-refractivity contribution < 1.29 is 14.0 Å². The van der Waals surface area contributed by atoms with Gasteiger partial charge in [-0.05, 0) is 116 Å². The predicted molar refractivity (Wildman–Crippen MR) is 178 cm³/mol. The summed E-state index contributed by atoms with van der Waals surface area (Å²) < 4.78 is 14.1. The molecule has 230 valence electrons. The van der Waals surface area contributed by atoms with Crippen molar-refractivity contribution in [3.8, 4) is 0 Å². The first-order valence-corrected chi connectivity index (χ1v) is 22.1. The SMILES string of the molecule is C=C1[C@H](O[Si](C)(C)C(C)(C)C)CC(=C/C=C2\CCC[C@@]3(C)C2CCC3[C@H](C)CCO)C[C@H]1O[Si](C)(C)C(C)(C)C. The molecule has 6 atom stereocenters. The van der Waals surface area contributed by atoms with E-state index < -0.39 is 16.6 Å². The summed E-state index contributed by atoms with van der Waals surface area (Å²) in [5.74, 6) is 2.01. The summed E-state index contributed by atoms with van der Waals surface area (Å²) in [4.78, 5) is 0. The lowest BCUT2D eigenvalue weighted by atomic mass is 9.61. The van der Waals surface area contributed by atoms with Gasteiger partial charge in [0.15, 0.2) is 16.6 Å². The van der Waals surface area contributed by atoms with Crippen molar-refractivity contribution in [3.05, 3.63) is 35.5 Å². The molecule has 0 heterocycles. The van der Waals surface area contributed by atoms with E-state index in [-0.39, 0.29) is 22.3 Å². The smallest absolute Gasteiger partial charge is 0.192 e. The quantitative estimate of drug-likeness (QED) is 0.226. The van der Waals surface area contributed by atoms with Gasteiger partial charge >= 0.3 is 0 Å². The largest absolute Gasteiger partial charge is 0.410 e. The second kappa shape index (κ2) is 12.3. The third-order valence-electron chi connectivity index (χ3n) is 12.1. The zero-order valence-corrected chi connectivity index (χ0v) is 30.4. The molecule has 0 saturated heterocycles. The van der Waals surface area contributed by atoms with E-state index in [1.807, 2.05) is 0 Å². The van der Waals surface area contributed by atoms with Gasteiger partial charge in [0.25, 0.3) is 0 Å². The van der Waals surface area contributed by atoms with Crippen molar-refractivity contribution in [2.45, 2.75) is 155 Å². The Morgan fingerprint density at radius 2 is 1.48 bits per heavy atom. The van der Waals surface area contributed by atoms with Crippen LogP contribution in [-0.4, -0.2) is 40.6 Å². The highest BCUT2D eigenvalue weighted by Gasteiger charge is 2.50. The summed E-state index contributed by atoms with van der Waals surface area (Å²) in [5, 5.41) is 9.92. The minimum Gasteiger partial charge on any atom is -0.410 e. The minimum absolute atomic E-state index is 0.0286. The summed E-state index contributed by atoms with van der Waals surface area (Å²) in [6, 6.07) is 0. The van der Waals surface area contributed by atoms with Crippen LogP contribution in [0.5, 0.6) is 0 Å². The van der Waals surface area contributed by atoms with Crippen molar-refractivity contribution >= 4 is 16.6 Å². The van der Waals surface area contributed by atoms with E-state index in [0.29, 0.717) is 23.9 Å². The summed E-state index contributed by atoms with van der Waals surface area (Å²) in [5.41, 5.74) is 4.65. The number of aliphatic hydroxyl groups is 1. The van der Waals surface area contributed by atoms with Gasteiger partial charge in [-0.2, -0.15) is 0 Å². The topological polar surface area (TPSA) is 38.7 Å². The van der Waals surface area contributed by atoms with Gasteiger partial charge in [0.1, 0.15) is 0 Å². The Kier molecular flexibility index (Phi) is 10.4. The van der Waals surface area contributed by atoms with E-state index in [2.05, 4.69) is 100 Å². The van der Waals surface area contributed by atoms with Gasteiger partial charge in [0.2, 0.25) is 0 Å². The van der Waals surface area contributed by atoms with E-state index >= 15 is 0 Å². The molecule has 0 aromatic heterocycles. The Labute approximate surface area is 250 Å². The van der Waals surface area contributed by atoms with Crippen LogP contribution in [0.1, 0.15) is 107 Å². The number of hydrogen-bond acceptors (Lipinski definition) is 3. The van der Waals surface area contributed by atoms with Crippen molar-refractivity contribution in [2.24, 2.45) is 23.2 Å². The Morgan fingerprint density at radius 3 is 1.95 bits per heavy atom. The summed E-state index contributed by atoms with van der Waals surface area (Å²) >= 11 is 0. The van der Waals surface area contributed by atoms with E-state index in [1.54, 1.807) is 5.57 Å². The van der Waals surface area contributed by atoms with Crippen LogP contribution in [0.4, 0.5) is 0 Å². The molecule has 0 radical (unpaired) electrons. The second-order valence-corrected chi connectivity index (χ2v) is 26.4. The maximum Gasteiger partial charge on any atom is 0.192 e. The van der Waals surface area contributed by atoms with Crippen LogP contribution in [0.25, 0.3) is 0 Å². The third kappa shape index (κ3) is 7.18. The van der Waals surface area contributed by atoms with Gasteiger partial charge < -0.3 is 14.0 Å². The van der Waals surface area contributed by atoms with Crippen LogP contribution in [0.3, 0.4) is 0 Å². The van der Waals surface area contributed by atoms with Gasteiger partial charge in [-0.25, -0.2) is 0 Å². The molecule has 5 heteroatoms. The number of fused-ring (bicyclic) bond motifs is 1. The zero-order chi connectivity index (χ0) is 30.3. The average molecular weight is 589 g/mol. The molecule has 3 fully saturated rings. The molecule has 40 heavy (non-hydrogen) atoms. The number of aliphatic hydroxyl groups excluding tert-OH is 1. The van der Waals surface area contributed by atoms with Gasteiger partial charge in [-0.1, -0.05) is 85.3 Å². The molecule has 0 aliphatic heterocycles.